The van der Waals surface area contributed by atoms with Gasteiger partial charge in [0, 0.05) is 13.1 Å². The van der Waals surface area contributed by atoms with E-state index in [1.807, 2.05) is 20.8 Å². The van der Waals surface area contributed by atoms with Gasteiger partial charge in [-0.3, -0.25) is 9.59 Å². The molecule has 5 nitrogen and oxygen atoms in total. The Morgan fingerprint density at radius 2 is 1.88 bits per heavy atom. The second-order valence-corrected chi connectivity index (χ2v) is 9.28. The minimum atomic E-state index is -1.15. The van der Waals surface area contributed by atoms with E-state index in [9.17, 15) is 14.7 Å². The van der Waals surface area contributed by atoms with Gasteiger partial charge >= 0.3 is 5.97 Å². The maximum atomic E-state index is 13.0. The standard InChI is InChI=1S/C19H31NO4/c1-17(2,3)24-11-14-6-4-9-20(10-14)15(21)19(16(22)23)12-18(13-19)7-5-8-18/h14H,4-13H2,1-3H3,(H,22,23). The van der Waals surface area contributed by atoms with Gasteiger partial charge in [-0.15, -0.1) is 0 Å². The van der Waals surface area contributed by atoms with Crippen molar-refractivity contribution in [2.24, 2.45) is 16.7 Å². The van der Waals surface area contributed by atoms with E-state index in [4.69, 9.17) is 4.74 Å². The average Bonchev–Trinajstić information content (AvgIpc) is 2.41. The summed E-state index contributed by atoms with van der Waals surface area (Å²) in [6.45, 7) is 8.06. The molecule has 1 heterocycles. The molecule has 24 heavy (non-hydrogen) atoms. The van der Waals surface area contributed by atoms with Gasteiger partial charge in [0.05, 0.1) is 12.2 Å². The van der Waals surface area contributed by atoms with Crippen molar-refractivity contribution in [1.29, 1.82) is 0 Å². The second kappa shape index (κ2) is 6.01. The summed E-state index contributed by atoms with van der Waals surface area (Å²) >= 11 is 0. The minimum absolute atomic E-state index is 0.145. The molecule has 0 bridgehead atoms. The van der Waals surface area contributed by atoms with Gasteiger partial charge in [-0.2, -0.15) is 0 Å². The molecule has 0 radical (unpaired) electrons. The molecular formula is C19H31NO4. The molecule has 136 valence electrons. The van der Waals surface area contributed by atoms with Crippen LogP contribution < -0.4 is 0 Å². The lowest BCUT2D eigenvalue weighted by atomic mass is 9.45. The van der Waals surface area contributed by atoms with Crippen molar-refractivity contribution in [3.05, 3.63) is 0 Å². The lowest BCUT2D eigenvalue weighted by Gasteiger charge is -2.59. The first-order valence-corrected chi connectivity index (χ1v) is 9.33. The van der Waals surface area contributed by atoms with Crippen molar-refractivity contribution in [2.75, 3.05) is 19.7 Å². The molecule has 1 unspecified atom stereocenters. The Kier molecular flexibility index (Phi) is 4.44. The van der Waals surface area contributed by atoms with E-state index in [2.05, 4.69) is 0 Å². The molecule has 1 N–H and O–H groups in total. The average molecular weight is 337 g/mol. The van der Waals surface area contributed by atoms with Gasteiger partial charge in [0.15, 0.2) is 0 Å². The molecule has 5 heteroatoms. The van der Waals surface area contributed by atoms with Crippen molar-refractivity contribution < 1.29 is 19.4 Å². The molecule has 1 spiro atoms. The summed E-state index contributed by atoms with van der Waals surface area (Å²) in [5, 5.41) is 9.74. The van der Waals surface area contributed by atoms with Gasteiger partial charge in [0.25, 0.3) is 0 Å². The minimum Gasteiger partial charge on any atom is -0.480 e. The molecule has 0 aromatic carbocycles. The van der Waals surface area contributed by atoms with Crippen molar-refractivity contribution in [2.45, 2.75) is 71.3 Å². The van der Waals surface area contributed by atoms with Crippen LogP contribution in [0.4, 0.5) is 0 Å². The van der Waals surface area contributed by atoms with Gasteiger partial charge in [-0.05, 0) is 70.6 Å². The van der Waals surface area contributed by atoms with Crippen molar-refractivity contribution in [3.8, 4) is 0 Å². The number of hydrogen-bond acceptors (Lipinski definition) is 3. The molecule has 0 aromatic heterocycles. The number of piperidine rings is 1. The Bertz CT molecular complexity index is 510. The Morgan fingerprint density at radius 3 is 2.38 bits per heavy atom. The molecule has 1 amide bonds. The molecule has 1 aliphatic heterocycles. The van der Waals surface area contributed by atoms with Crippen molar-refractivity contribution in [3.63, 3.8) is 0 Å². The van der Waals surface area contributed by atoms with E-state index in [-0.39, 0.29) is 16.9 Å². The van der Waals surface area contributed by atoms with E-state index in [1.54, 1.807) is 4.90 Å². The normalized spacial score (nSPS) is 28.1. The molecule has 1 atom stereocenters. The SMILES string of the molecule is CC(C)(C)OCC1CCCN(C(=O)C2(C(=O)O)CC3(CCC3)C2)C1. The van der Waals surface area contributed by atoms with Crippen LogP contribution >= 0.6 is 0 Å². The predicted molar refractivity (Wildman–Crippen MR) is 90.6 cm³/mol. The number of ether oxygens (including phenoxy) is 1. The zero-order valence-electron chi connectivity index (χ0n) is 15.3. The molecule has 1 saturated heterocycles. The summed E-state index contributed by atoms with van der Waals surface area (Å²) in [5.41, 5.74) is -1.16. The van der Waals surface area contributed by atoms with Gasteiger partial charge in [-0.1, -0.05) is 6.42 Å². The zero-order valence-corrected chi connectivity index (χ0v) is 15.3. The molecular weight excluding hydrogens is 306 g/mol. The Morgan fingerprint density at radius 1 is 1.21 bits per heavy atom. The quantitative estimate of drug-likeness (QED) is 0.801. The highest BCUT2D eigenvalue weighted by molar-refractivity contribution is 6.03. The summed E-state index contributed by atoms with van der Waals surface area (Å²) in [7, 11) is 0. The van der Waals surface area contributed by atoms with Crippen LogP contribution in [0.2, 0.25) is 0 Å². The van der Waals surface area contributed by atoms with Crippen LogP contribution in [-0.4, -0.2) is 47.2 Å². The van der Waals surface area contributed by atoms with Gasteiger partial charge in [0.1, 0.15) is 5.41 Å². The van der Waals surface area contributed by atoms with E-state index in [1.165, 1.54) is 6.42 Å². The molecule has 3 rings (SSSR count). The van der Waals surface area contributed by atoms with Crippen molar-refractivity contribution in [1.82, 2.24) is 4.90 Å². The van der Waals surface area contributed by atoms with E-state index in [0.717, 1.165) is 25.7 Å². The lowest BCUT2D eigenvalue weighted by molar-refractivity contribution is -0.188. The monoisotopic (exact) mass is 337 g/mol. The third-order valence-electron chi connectivity index (χ3n) is 6.14. The number of amides is 1. The predicted octanol–water partition coefficient (Wildman–Crippen LogP) is 3.08. The third kappa shape index (κ3) is 3.19. The number of likely N-dealkylation sites (tertiary alicyclic amines) is 1. The van der Waals surface area contributed by atoms with Gasteiger partial charge < -0.3 is 14.7 Å². The highest BCUT2D eigenvalue weighted by atomic mass is 16.5. The first kappa shape index (κ1) is 17.7. The number of carboxylic acids is 1. The molecule has 3 aliphatic rings. The molecule has 3 fully saturated rings. The topological polar surface area (TPSA) is 66.8 Å². The fraction of sp³-hybridized carbons (Fsp3) is 0.895. The maximum absolute atomic E-state index is 13.0. The summed E-state index contributed by atoms with van der Waals surface area (Å²) in [6.07, 6.45) is 6.45. The number of hydrogen-bond donors (Lipinski definition) is 1. The zero-order chi connectivity index (χ0) is 17.6. The van der Waals surface area contributed by atoms with Crippen LogP contribution in [0.15, 0.2) is 0 Å². The number of aliphatic carboxylic acids is 1. The largest absolute Gasteiger partial charge is 0.480 e. The highest BCUT2D eigenvalue weighted by Crippen LogP contribution is 2.65. The first-order valence-electron chi connectivity index (χ1n) is 9.33. The third-order valence-corrected chi connectivity index (χ3v) is 6.14. The number of carbonyl (C=O) groups is 2. The fourth-order valence-electron chi connectivity index (χ4n) is 4.71. The van der Waals surface area contributed by atoms with Crippen LogP contribution in [0, 0.1) is 16.7 Å². The summed E-state index contributed by atoms with van der Waals surface area (Å²) in [5.74, 6) is -0.753. The molecule has 2 aliphatic carbocycles. The Labute approximate surface area is 144 Å². The van der Waals surface area contributed by atoms with Gasteiger partial charge in [-0.25, -0.2) is 0 Å². The molecule has 0 aromatic rings. The van der Waals surface area contributed by atoms with Gasteiger partial charge in [0.2, 0.25) is 5.91 Å². The highest BCUT2D eigenvalue weighted by Gasteiger charge is 2.65. The number of carboxylic acid groups (broad SMARTS) is 1. The first-order chi connectivity index (χ1) is 11.2. The molecule has 2 saturated carbocycles. The Balaban J connectivity index is 1.62. The van der Waals surface area contributed by atoms with Crippen LogP contribution in [0.5, 0.6) is 0 Å². The maximum Gasteiger partial charge on any atom is 0.319 e. The number of rotatable bonds is 4. The number of carbonyl (C=O) groups excluding carboxylic acids is 1. The van der Waals surface area contributed by atoms with Crippen molar-refractivity contribution >= 4 is 11.9 Å². The van der Waals surface area contributed by atoms with Crippen LogP contribution in [0.3, 0.4) is 0 Å². The van der Waals surface area contributed by atoms with E-state index in [0.29, 0.717) is 38.5 Å². The van der Waals surface area contributed by atoms with Crippen LogP contribution in [-0.2, 0) is 14.3 Å². The summed E-state index contributed by atoms with van der Waals surface area (Å²) < 4.78 is 5.88. The van der Waals surface area contributed by atoms with Crippen LogP contribution in [0.1, 0.15) is 65.7 Å². The van der Waals surface area contributed by atoms with E-state index < -0.39 is 11.4 Å². The number of nitrogens with zero attached hydrogens (tertiary/aromatic N) is 1. The fourth-order valence-corrected chi connectivity index (χ4v) is 4.71. The lowest BCUT2D eigenvalue weighted by Crippen LogP contribution is -2.62. The smallest absolute Gasteiger partial charge is 0.319 e. The Hall–Kier alpha value is -1.10. The van der Waals surface area contributed by atoms with E-state index >= 15 is 0 Å². The summed E-state index contributed by atoms with van der Waals surface area (Å²) in [4.78, 5) is 26.7. The second-order valence-electron chi connectivity index (χ2n) is 9.28. The van der Waals surface area contributed by atoms with Crippen LogP contribution in [0.25, 0.3) is 0 Å². The summed E-state index contributed by atoms with van der Waals surface area (Å²) in [6, 6.07) is 0.